The molecular formula is C12H19NO. The molecule has 0 radical (unpaired) electrons. The third-order valence-electron chi connectivity index (χ3n) is 2.38. The lowest BCUT2D eigenvalue weighted by Gasteiger charge is -2.23. The van der Waals surface area contributed by atoms with Crippen molar-refractivity contribution < 1.29 is 4.74 Å². The Kier molecular flexibility index (Phi) is 2.74. The van der Waals surface area contributed by atoms with Crippen molar-refractivity contribution in [3.8, 4) is 5.75 Å². The summed E-state index contributed by atoms with van der Waals surface area (Å²) in [7, 11) is 1.64. The predicted molar refractivity (Wildman–Crippen MR) is 60.8 cm³/mol. The second-order valence-electron chi connectivity index (χ2n) is 4.66. The Labute approximate surface area is 86.1 Å². The molecule has 14 heavy (non-hydrogen) atoms. The van der Waals surface area contributed by atoms with Crippen molar-refractivity contribution in [3.05, 3.63) is 23.3 Å². The molecule has 0 aromatic heterocycles. The maximum atomic E-state index is 5.87. The van der Waals surface area contributed by atoms with E-state index in [1.54, 1.807) is 7.11 Å². The van der Waals surface area contributed by atoms with Gasteiger partial charge in [0, 0.05) is 0 Å². The summed E-state index contributed by atoms with van der Waals surface area (Å²) in [5.74, 6) is 0.760. The zero-order valence-corrected chi connectivity index (χ0v) is 9.64. The molecule has 2 N–H and O–H groups in total. The van der Waals surface area contributed by atoms with Gasteiger partial charge in [0.25, 0.3) is 0 Å². The van der Waals surface area contributed by atoms with Gasteiger partial charge in [0.1, 0.15) is 5.75 Å². The highest BCUT2D eigenvalue weighted by atomic mass is 16.5. The molecule has 0 atom stereocenters. The van der Waals surface area contributed by atoms with Gasteiger partial charge in [-0.1, -0.05) is 20.8 Å². The first kappa shape index (κ1) is 10.9. The highest BCUT2D eigenvalue weighted by Gasteiger charge is 2.17. The van der Waals surface area contributed by atoms with Gasteiger partial charge in [-0.3, -0.25) is 0 Å². The van der Waals surface area contributed by atoms with Crippen molar-refractivity contribution in [1.82, 2.24) is 0 Å². The zero-order valence-electron chi connectivity index (χ0n) is 9.64. The van der Waals surface area contributed by atoms with E-state index in [0.29, 0.717) is 5.69 Å². The minimum atomic E-state index is 0.129. The standard InChI is InChI=1S/C12H19NO/c1-8-6-11(14-5)10(13)7-9(8)12(2,3)4/h6-7H,13H2,1-5H3. The normalized spacial score (nSPS) is 11.5. The van der Waals surface area contributed by atoms with E-state index in [-0.39, 0.29) is 5.41 Å². The molecule has 0 bridgehead atoms. The van der Waals surface area contributed by atoms with Crippen molar-refractivity contribution >= 4 is 5.69 Å². The molecule has 78 valence electrons. The first-order valence-corrected chi connectivity index (χ1v) is 4.81. The van der Waals surface area contributed by atoms with Crippen LogP contribution >= 0.6 is 0 Å². The number of aryl methyl sites for hydroxylation is 1. The van der Waals surface area contributed by atoms with Crippen LogP contribution in [0.1, 0.15) is 31.9 Å². The number of hydrogen-bond acceptors (Lipinski definition) is 2. The molecule has 0 saturated carbocycles. The lowest BCUT2D eigenvalue weighted by atomic mass is 9.84. The van der Waals surface area contributed by atoms with E-state index in [0.717, 1.165) is 5.75 Å². The first-order valence-electron chi connectivity index (χ1n) is 4.81. The van der Waals surface area contributed by atoms with Crippen LogP contribution < -0.4 is 10.5 Å². The predicted octanol–water partition coefficient (Wildman–Crippen LogP) is 2.88. The summed E-state index contributed by atoms with van der Waals surface area (Å²) >= 11 is 0. The molecule has 0 amide bonds. The van der Waals surface area contributed by atoms with Crippen molar-refractivity contribution in [1.29, 1.82) is 0 Å². The minimum absolute atomic E-state index is 0.129. The Morgan fingerprint density at radius 1 is 1.21 bits per heavy atom. The number of hydrogen-bond donors (Lipinski definition) is 1. The van der Waals surface area contributed by atoms with Crippen molar-refractivity contribution in [3.63, 3.8) is 0 Å². The van der Waals surface area contributed by atoms with Gasteiger partial charge in [-0.2, -0.15) is 0 Å². The lowest BCUT2D eigenvalue weighted by molar-refractivity contribution is 0.416. The summed E-state index contributed by atoms with van der Waals surface area (Å²) in [4.78, 5) is 0. The fourth-order valence-corrected chi connectivity index (χ4v) is 1.68. The van der Waals surface area contributed by atoms with E-state index in [9.17, 15) is 0 Å². The highest BCUT2D eigenvalue weighted by Crippen LogP contribution is 2.32. The number of nitrogen functional groups attached to an aromatic ring is 1. The maximum Gasteiger partial charge on any atom is 0.142 e. The van der Waals surface area contributed by atoms with Gasteiger partial charge in [0.15, 0.2) is 0 Å². The summed E-state index contributed by atoms with van der Waals surface area (Å²) in [5.41, 5.74) is 9.21. The molecule has 0 spiro atoms. The Balaban J connectivity index is 3.29. The summed E-state index contributed by atoms with van der Waals surface area (Å²) in [5, 5.41) is 0. The molecular weight excluding hydrogens is 174 g/mol. The topological polar surface area (TPSA) is 35.2 Å². The molecule has 1 aromatic carbocycles. The molecule has 0 aliphatic heterocycles. The number of nitrogens with two attached hydrogens (primary N) is 1. The van der Waals surface area contributed by atoms with Gasteiger partial charge < -0.3 is 10.5 Å². The zero-order chi connectivity index (χ0) is 10.9. The molecule has 2 nitrogen and oxygen atoms in total. The van der Waals surface area contributed by atoms with Crippen LogP contribution in [0.4, 0.5) is 5.69 Å². The average molecular weight is 193 g/mol. The van der Waals surface area contributed by atoms with E-state index in [2.05, 4.69) is 27.7 Å². The quantitative estimate of drug-likeness (QED) is 0.696. The van der Waals surface area contributed by atoms with Crippen LogP contribution in [0, 0.1) is 6.92 Å². The maximum absolute atomic E-state index is 5.87. The van der Waals surface area contributed by atoms with E-state index >= 15 is 0 Å². The number of rotatable bonds is 1. The van der Waals surface area contributed by atoms with Gasteiger partial charge in [0.05, 0.1) is 12.8 Å². The Morgan fingerprint density at radius 3 is 2.21 bits per heavy atom. The summed E-state index contributed by atoms with van der Waals surface area (Å²) in [6, 6.07) is 4.00. The Hall–Kier alpha value is -1.18. The molecule has 0 fully saturated rings. The molecule has 0 aliphatic carbocycles. The fourth-order valence-electron chi connectivity index (χ4n) is 1.68. The van der Waals surface area contributed by atoms with Gasteiger partial charge in [-0.05, 0) is 35.6 Å². The third-order valence-corrected chi connectivity index (χ3v) is 2.38. The monoisotopic (exact) mass is 193 g/mol. The first-order chi connectivity index (χ1) is 6.36. The SMILES string of the molecule is COc1cc(C)c(C(C)(C)C)cc1N. The number of methoxy groups -OCH3 is 1. The van der Waals surface area contributed by atoms with Crippen LogP contribution in [0.2, 0.25) is 0 Å². The van der Waals surface area contributed by atoms with Crippen LogP contribution in [0.5, 0.6) is 5.75 Å². The number of benzene rings is 1. The Morgan fingerprint density at radius 2 is 1.79 bits per heavy atom. The second-order valence-corrected chi connectivity index (χ2v) is 4.66. The van der Waals surface area contributed by atoms with E-state index < -0.39 is 0 Å². The van der Waals surface area contributed by atoms with E-state index in [1.165, 1.54) is 11.1 Å². The number of ether oxygens (including phenoxy) is 1. The summed E-state index contributed by atoms with van der Waals surface area (Å²) < 4.78 is 5.17. The van der Waals surface area contributed by atoms with Crippen LogP contribution in [0.15, 0.2) is 12.1 Å². The largest absolute Gasteiger partial charge is 0.495 e. The third kappa shape index (κ3) is 2.00. The molecule has 2 heteroatoms. The minimum Gasteiger partial charge on any atom is -0.495 e. The van der Waals surface area contributed by atoms with Gasteiger partial charge >= 0.3 is 0 Å². The van der Waals surface area contributed by atoms with E-state index in [1.807, 2.05) is 12.1 Å². The molecule has 1 aromatic rings. The molecule has 0 unspecified atom stereocenters. The van der Waals surface area contributed by atoms with Crippen LogP contribution in [0.25, 0.3) is 0 Å². The van der Waals surface area contributed by atoms with Crippen molar-refractivity contribution in [2.24, 2.45) is 0 Å². The lowest BCUT2D eigenvalue weighted by Crippen LogP contribution is -2.13. The highest BCUT2D eigenvalue weighted by molar-refractivity contribution is 5.58. The van der Waals surface area contributed by atoms with Crippen molar-refractivity contribution in [2.45, 2.75) is 33.1 Å². The molecule has 1 rings (SSSR count). The Bertz CT molecular complexity index is 337. The van der Waals surface area contributed by atoms with Crippen molar-refractivity contribution in [2.75, 3.05) is 12.8 Å². The average Bonchev–Trinajstić information content (AvgIpc) is 2.06. The van der Waals surface area contributed by atoms with Crippen LogP contribution in [0.3, 0.4) is 0 Å². The molecule has 0 saturated heterocycles. The van der Waals surface area contributed by atoms with Gasteiger partial charge in [-0.25, -0.2) is 0 Å². The summed E-state index contributed by atoms with van der Waals surface area (Å²) in [6.45, 7) is 8.63. The molecule has 0 aliphatic rings. The van der Waals surface area contributed by atoms with E-state index in [4.69, 9.17) is 10.5 Å². The van der Waals surface area contributed by atoms with Gasteiger partial charge in [0.2, 0.25) is 0 Å². The van der Waals surface area contributed by atoms with Gasteiger partial charge in [-0.15, -0.1) is 0 Å². The summed E-state index contributed by atoms with van der Waals surface area (Å²) in [6.07, 6.45) is 0. The fraction of sp³-hybridized carbons (Fsp3) is 0.500. The molecule has 0 heterocycles. The number of anilines is 1. The smallest absolute Gasteiger partial charge is 0.142 e. The van der Waals surface area contributed by atoms with Crippen LogP contribution in [-0.2, 0) is 5.41 Å². The second kappa shape index (κ2) is 3.52. The van der Waals surface area contributed by atoms with Crippen LogP contribution in [-0.4, -0.2) is 7.11 Å².